The van der Waals surface area contributed by atoms with Crippen LogP contribution in [-0.4, -0.2) is 53.4 Å². The molecule has 1 aliphatic heterocycles. The Labute approximate surface area is 169 Å². The predicted octanol–water partition coefficient (Wildman–Crippen LogP) is 4.52. The summed E-state index contributed by atoms with van der Waals surface area (Å²) < 4.78 is 38.8. The maximum atomic E-state index is 12.9. The van der Waals surface area contributed by atoms with E-state index >= 15 is 0 Å². The van der Waals surface area contributed by atoms with Gasteiger partial charge in [-0.2, -0.15) is 24.9 Å². The number of hydrogen-bond acceptors (Lipinski definition) is 3. The Balaban J connectivity index is 1.56. The summed E-state index contributed by atoms with van der Waals surface area (Å²) in [4.78, 5) is 16.5. The van der Waals surface area contributed by atoms with Crippen LogP contribution in [0.25, 0.3) is 0 Å². The van der Waals surface area contributed by atoms with Crippen molar-refractivity contribution in [1.82, 2.24) is 9.80 Å². The molecule has 1 saturated carbocycles. The number of halogens is 3. The number of carbonyl (C=O) groups excluding carboxylic acids is 1. The van der Waals surface area contributed by atoms with Gasteiger partial charge in [0.1, 0.15) is 0 Å². The number of alkyl halides is 3. The molecule has 0 spiro atoms. The van der Waals surface area contributed by atoms with E-state index in [2.05, 4.69) is 11.8 Å². The quantitative estimate of drug-likeness (QED) is 0.684. The highest BCUT2D eigenvalue weighted by Gasteiger charge is 2.40. The second-order valence-corrected chi connectivity index (χ2v) is 9.30. The molecule has 3 nitrogen and oxygen atoms in total. The number of thioether (sulfide) groups is 1. The van der Waals surface area contributed by atoms with Crippen LogP contribution in [0.1, 0.15) is 37.3 Å². The van der Waals surface area contributed by atoms with Gasteiger partial charge in [0.15, 0.2) is 0 Å². The van der Waals surface area contributed by atoms with E-state index in [1.165, 1.54) is 12.1 Å². The van der Waals surface area contributed by atoms with Gasteiger partial charge in [-0.05, 0) is 55.5 Å². The van der Waals surface area contributed by atoms with E-state index in [0.29, 0.717) is 35.7 Å². The highest BCUT2D eigenvalue weighted by atomic mass is 32.2. The average molecular weight is 415 g/mol. The minimum Gasteiger partial charge on any atom is -0.342 e. The van der Waals surface area contributed by atoms with Gasteiger partial charge >= 0.3 is 6.18 Å². The van der Waals surface area contributed by atoms with Crippen LogP contribution in [0, 0.1) is 11.8 Å². The van der Waals surface area contributed by atoms with E-state index in [1.54, 1.807) is 17.8 Å². The van der Waals surface area contributed by atoms with Crippen LogP contribution in [0.15, 0.2) is 24.3 Å². The molecule has 0 aromatic heterocycles. The summed E-state index contributed by atoms with van der Waals surface area (Å²) in [6.07, 6.45) is -1.17. The van der Waals surface area contributed by atoms with E-state index in [1.807, 2.05) is 11.9 Å². The second-order valence-electron chi connectivity index (χ2n) is 8.02. The Hall–Kier alpha value is -1.21. The van der Waals surface area contributed by atoms with Crippen molar-refractivity contribution in [3.63, 3.8) is 0 Å². The molecule has 1 aromatic carbocycles. The molecule has 7 heteroatoms. The molecule has 0 bridgehead atoms. The summed E-state index contributed by atoms with van der Waals surface area (Å²) in [5, 5.41) is 0. The highest BCUT2D eigenvalue weighted by molar-refractivity contribution is 7.99. The maximum Gasteiger partial charge on any atom is 0.416 e. The van der Waals surface area contributed by atoms with Gasteiger partial charge in [0.25, 0.3) is 0 Å². The third-order valence-electron chi connectivity index (χ3n) is 6.13. The van der Waals surface area contributed by atoms with E-state index < -0.39 is 11.7 Å². The lowest BCUT2D eigenvalue weighted by Crippen LogP contribution is -2.43. The topological polar surface area (TPSA) is 23.6 Å². The number of carbonyl (C=O) groups is 1. The van der Waals surface area contributed by atoms with Crippen molar-refractivity contribution in [2.75, 3.05) is 31.6 Å². The molecule has 1 aliphatic carbocycles. The first kappa shape index (κ1) is 21.5. The molecule has 1 saturated heterocycles. The molecule has 3 atom stereocenters. The third kappa shape index (κ3) is 5.23. The first-order chi connectivity index (χ1) is 13.3. The number of benzene rings is 1. The number of hydrogen-bond donors (Lipinski definition) is 0. The van der Waals surface area contributed by atoms with Crippen LogP contribution in [0.2, 0.25) is 0 Å². The largest absolute Gasteiger partial charge is 0.416 e. The van der Waals surface area contributed by atoms with E-state index in [0.717, 1.165) is 44.2 Å². The monoisotopic (exact) mass is 414 g/mol. The molecular weight excluding hydrogens is 385 g/mol. The third-order valence-corrected chi connectivity index (χ3v) is 6.99. The molecule has 1 amide bonds. The van der Waals surface area contributed by atoms with E-state index in [4.69, 9.17) is 0 Å². The van der Waals surface area contributed by atoms with Crippen LogP contribution in [-0.2, 0) is 17.5 Å². The second kappa shape index (κ2) is 9.08. The smallest absolute Gasteiger partial charge is 0.342 e. The molecule has 3 rings (SSSR count). The lowest BCUT2D eigenvalue weighted by molar-refractivity contribution is -0.137. The zero-order valence-corrected chi connectivity index (χ0v) is 17.4. The van der Waals surface area contributed by atoms with Crippen molar-refractivity contribution >= 4 is 17.7 Å². The fraction of sp³-hybridized carbons (Fsp3) is 0.667. The number of rotatable bonds is 6. The number of amides is 1. The van der Waals surface area contributed by atoms with Gasteiger partial charge in [-0.3, -0.25) is 9.69 Å². The number of likely N-dealkylation sites (tertiary alicyclic amines) is 1. The van der Waals surface area contributed by atoms with Gasteiger partial charge in [0, 0.05) is 25.7 Å². The molecule has 1 heterocycles. The Morgan fingerprint density at radius 2 is 2.04 bits per heavy atom. The summed E-state index contributed by atoms with van der Waals surface area (Å²) in [6.45, 7) is 4.26. The van der Waals surface area contributed by atoms with Crippen LogP contribution in [0.5, 0.6) is 0 Å². The van der Waals surface area contributed by atoms with Gasteiger partial charge < -0.3 is 4.90 Å². The fourth-order valence-corrected chi connectivity index (χ4v) is 5.14. The van der Waals surface area contributed by atoms with Crippen LogP contribution < -0.4 is 0 Å². The summed E-state index contributed by atoms with van der Waals surface area (Å²) in [6, 6.07) is 5.99. The number of piperidine rings is 1. The average Bonchev–Trinajstić information content (AvgIpc) is 3.09. The first-order valence-electron chi connectivity index (χ1n) is 9.99. The lowest BCUT2D eigenvalue weighted by atomic mass is 9.89. The molecule has 2 aliphatic rings. The summed E-state index contributed by atoms with van der Waals surface area (Å²) in [5.41, 5.74) is 0.109. The van der Waals surface area contributed by atoms with Crippen molar-refractivity contribution in [3.8, 4) is 0 Å². The van der Waals surface area contributed by atoms with Crippen molar-refractivity contribution < 1.29 is 18.0 Å². The zero-order valence-electron chi connectivity index (χ0n) is 16.5. The summed E-state index contributed by atoms with van der Waals surface area (Å²) in [7, 11) is 2.00. The van der Waals surface area contributed by atoms with E-state index in [9.17, 15) is 18.0 Å². The van der Waals surface area contributed by atoms with Gasteiger partial charge in [-0.25, -0.2) is 0 Å². The van der Waals surface area contributed by atoms with Gasteiger partial charge in [-0.1, -0.05) is 25.1 Å². The molecule has 0 radical (unpaired) electrons. The number of fused-ring (bicyclic) bond motifs is 1. The van der Waals surface area contributed by atoms with Crippen molar-refractivity contribution in [3.05, 3.63) is 35.4 Å². The zero-order chi connectivity index (χ0) is 20.3. The highest BCUT2D eigenvalue weighted by Crippen LogP contribution is 2.40. The minimum absolute atomic E-state index is 0.242. The first-order valence-corrected chi connectivity index (χ1v) is 11.1. The Bertz CT molecular complexity index is 682. The van der Waals surface area contributed by atoms with Crippen molar-refractivity contribution in [2.45, 2.75) is 44.9 Å². The fourth-order valence-electron chi connectivity index (χ4n) is 4.58. The Morgan fingerprint density at radius 1 is 1.29 bits per heavy atom. The standard InChI is InChI=1S/C21H29F3N2OS/c1-3-28-14-20(27)26-8-7-16-10-19(11-17(16)13-26)25(2)12-15-5-4-6-18(9-15)21(22,23)24/h4-6,9,16-17,19H,3,7-8,10-14H2,1-2H3/t16-,17-,19+/m1/s1. The molecule has 0 N–H and O–H groups in total. The van der Waals surface area contributed by atoms with Crippen LogP contribution in [0.3, 0.4) is 0 Å². The normalized spacial score (nSPS) is 25.2. The molecule has 0 unspecified atom stereocenters. The molecule has 28 heavy (non-hydrogen) atoms. The molecule has 156 valence electrons. The van der Waals surface area contributed by atoms with Crippen molar-refractivity contribution in [2.24, 2.45) is 11.8 Å². The Kier molecular flexibility index (Phi) is 6.97. The summed E-state index contributed by atoms with van der Waals surface area (Å²) >= 11 is 1.67. The number of nitrogens with zero attached hydrogens (tertiary/aromatic N) is 2. The van der Waals surface area contributed by atoms with Crippen molar-refractivity contribution in [1.29, 1.82) is 0 Å². The van der Waals surface area contributed by atoms with Gasteiger partial charge in [-0.15, -0.1) is 0 Å². The van der Waals surface area contributed by atoms with Crippen LogP contribution in [0.4, 0.5) is 13.2 Å². The van der Waals surface area contributed by atoms with Gasteiger partial charge in [0.05, 0.1) is 11.3 Å². The SMILES string of the molecule is CCSCC(=O)N1CC[C@@H]2C[C@H](N(C)Cc3cccc(C(F)(F)F)c3)C[C@@H]2C1. The van der Waals surface area contributed by atoms with E-state index in [-0.39, 0.29) is 5.91 Å². The Morgan fingerprint density at radius 3 is 2.75 bits per heavy atom. The molecule has 1 aromatic rings. The molecule has 2 fully saturated rings. The predicted molar refractivity (Wildman–Crippen MR) is 107 cm³/mol. The van der Waals surface area contributed by atoms with Crippen LogP contribution >= 0.6 is 11.8 Å². The van der Waals surface area contributed by atoms with Gasteiger partial charge in [0.2, 0.25) is 5.91 Å². The summed E-state index contributed by atoms with van der Waals surface area (Å²) in [5.74, 6) is 2.89. The molecular formula is C21H29F3N2OS. The lowest BCUT2D eigenvalue weighted by Gasteiger charge is -2.35. The maximum absolute atomic E-state index is 12.9. The minimum atomic E-state index is -4.30.